The molecule has 0 heterocycles. The smallest absolute Gasteiger partial charge is 0.181 e. The van der Waals surface area contributed by atoms with Crippen LogP contribution in [0.25, 0.3) is 0 Å². The van der Waals surface area contributed by atoms with Gasteiger partial charge in [-0.15, -0.1) is 0 Å². The molecular formula is C14H20BrNO2S. The summed E-state index contributed by atoms with van der Waals surface area (Å²) < 4.78 is 26.4. The molecule has 1 aliphatic rings. The van der Waals surface area contributed by atoms with Gasteiger partial charge in [0.05, 0.1) is 10.1 Å². The number of hydrogen-bond donors (Lipinski definition) is 1. The zero-order valence-electron chi connectivity index (χ0n) is 10.9. The second-order valence-electron chi connectivity index (χ2n) is 5.17. The van der Waals surface area contributed by atoms with Crippen molar-refractivity contribution in [2.45, 2.75) is 42.2 Å². The maximum atomic E-state index is 12.8. The predicted molar refractivity (Wildman–Crippen MR) is 80.7 cm³/mol. The Balaban J connectivity index is 2.36. The van der Waals surface area contributed by atoms with Crippen molar-refractivity contribution in [1.82, 2.24) is 0 Å². The molecule has 5 heteroatoms. The van der Waals surface area contributed by atoms with Gasteiger partial charge in [0.25, 0.3) is 0 Å². The van der Waals surface area contributed by atoms with Crippen molar-refractivity contribution < 1.29 is 8.42 Å². The fraction of sp³-hybridized carbons (Fsp3) is 0.571. The average Bonchev–Trinajstić information content (AvgIpc) is 2.64. The van der Waals surface area contributed by atoms with E-state index in [1.807, 2.05) is 6.07 Å². The van der Waals surface area contributed by atoms with Crippen LogP contribution in [0.5, 0.6) is 0 Å². The van der Waals surface area contributed by atoms with E-state index in [0.717, 1.165) is 36.6 Å². The van der Waals surface area contributed by atoms with E-state index in [1.54, 1.807) is 18.2 Å². The largest absolute Gasteiger partial charge is 0.330 e. The molecule has 0 spiro atoms. The molecule has 2 N–H and O–H groups in total. The maximum absolute atomic E-state index is 12.8. The zero-order chi connectivity index (χ0) is 13.9. The van der Waals surface area contributed by atoms with Crippen LogP contribution < -0.4 is 5.73 Å². The third-order valence-electron chi connectivity index (χ3n) is 3.92. The van der Waals surface area contributed by atoms with Gasteiger partial charge in [0.2, 0.25) is 0 Å². The topological polar surface area (TPSA) is 60.2 Å². The van der Waals surface area contributed by atoms with E-state index in [0.29, 0.717) is 11.4 Å². The minimum atomic E-state index is -3.28. The van der Waals surface area contributed by atoms with Gasteiger partial charge in [-0.2, -0.15) is 0 Å². The first-order valence-corrected chi connectivity index (χ1v) is 9.09. The first-order valence-electron chi connectivity index (χ1n) is 6.75. The van der Waals surface area contributed by atoms with Gasteiger partial charge in [0, 0.05) is 4.47 Å². The summed E-state index contributed by atoms with van der Waals surface area (Å²) in [6.07, 6.45) is 4.84. The minimum absolute atomic E-state index is 0.0893. The average molecular weight is 346 g/mol. The van der Waals surface area contributed by atoms with Crippen LogP contribution >= 0.6 is 15.9 Å². The molecular weight excluding hydrogens is 326 g/mol. The molecule has 2 atom stereocenters. The van der Waals surface area contributed by atoms with Crippen molar-refractivity contribution in [3.05, 3.63) is 28.7 Å². The van der Waals surface area contributed by atoms with Crippen molar-refractivity contribution in [2.24, 2.45) is 11.7 Å². The van der Waals surface area contributed by atoms with Gasteiger partial charge in [-0.05, 0) is 43.5 Å². The molecule has 106 valence electrons. The molecule has 1 saturated carbocycles. The molecule has 3 nitrogen and oxygen atoms in total. The van der Waals surface area contributed by atoms with Gasteiger partial charge in [-0.3, -0.25) is 0 Å². The van der Waals surface area contributed by atoms with Crippen molar-refractivity contribution in [2.75, 3.05) is 6.54 Å². The summed E-state index contributed by atoms with van der Waals surface area (Å²) >= 11 is 3.34. The second kappa shape index (κ2) is 6.37. The SMILES string of the molecule is NCC1CCCCCC1S(=O)(=O)c1cccc(Br)c1. The molecule has 0 saturated heterocycles. The molecule has 1 aliphatic carbocycles. The van der Waals surface area contributed by atoms with Crippen LogP contribution in [-0.2, 0) is 9.84 Å². The Kier molecular flexibility index (Phi) is 5.03. The number of nitrogens with two attached hydrogens (primary N) is 1. The van der Waals surface area contributed by atoms with Gasteiger partial charge in [0.15, 0.2) is 9.84 Å². The van der Waals surface area contributed by atoms with Gasteiger partial charge < -0.3 is 5.73 Å². The Morgan fingerprint density at radius 3 is 2.63 bits per heavy atom. The van der Waals surface area contributed by atoms with E-state index in [9.17, 15) is 8.42 Å². The number of hydrogen-bond acceptors (Lipinski definition) is 3. The Bertz CT molecular complexity index is 530. The molecule has 0 aliphatic heterocycles. The van der Waals surface area contributed by atoms with Crippen LogP contribution in [0.2, 0.25) is 0 Å². The Hall–Kier alpha value is -0.390. The second-order valence-corrected chi connectivity index (χ2v) is 8.26. The highest BCUT2D eigenvalue weighted by molar-refractivity contribution is 9.10. The van der Waals surface area contributed by atoms with Crippen LogP contribution in [0, 0.1) is 5.92 Å². The van der Waals surface area contributed by atoms with E-state index < -0.39 is 9.84 Å². The highest BCUT2D eigenvalue weighted by Crippen LogP contribution is 2.32. The Labute approximate surface area is 123 Å². The number of sulfone groups is 1. The third kappa shape index (κ3) is 3.38. The normalized spacial score (nSPS) is 24.9. The van der Waals surface area contributed by atoms with Crippen LogP contribution in [0.3, 0.4) is 0 Å². The van der Waals surface area contributed by atoms with Crippen molar-refractivity contribution in [3.8, 4) is 0 Å². The third-order valence-corrected chi connectivity index (χ3v) is 6.74. The van der Waals surface area contributed by atoms with Gasteiger partial charge >= 0.3 is 0 Å². The summed E-state index contributed by atoms with van der Waals surface area (Å²) in [5, 5.41) is -0.325. The van der Waals surface area contributed by atoms with Crippen molar-refractivity contribution in [1.29, 1.82) is 0 Å². The monoisotopic (exact) mass is 345 g/mol. The van der Waals surface area contributed by atoms with Crippen LogP contribution in [0.4, 0.5) is 0 Å². The first-order chi connectivity index (χ1) is 9.05. The minimum Gasteiger partial charge on any atom is -0.330 e. The number of benzene rings is 1. The number of rotatable bonds is 3. The molecule has 1 fully saturated rings. The maximum Gasteiger partial charge on any atom is 0.181 e. The molecule has 0 bridgehead atoms. The number of halogens is 1. The molecule has 1 aromatic carbocycles. The molecule has 0 amide bonds. The summed E-state index contributed by atoms with van der Waals surface area (Å²) in [5.41, 5.74) is 5.79. The summed E-state index contributed by atoms with van der Waals surface area (Å²) in [7, 11) is -3.28. The molecule has 1 aromatic rings. The zero-order valence-corrected chi connectivity index (χ0v) is 13.3. The van der Waals surface area contributed by atoms with Crippen LogP contribution in [0.1, 0.15) is 32.1 Å². The summed E-state index contributed by atoms with van der Waals surface area (Å²) in [5.74, 6) is 0.0893. The quantitative estimate of drug-likeness (QED) is 0.856. The Morgan fingerprint density at radius 2 is 1.95 bits per heavy atom. The Morgan fingerprint density at radius 1 is 1.21 bits per heavy atom. The lowest BCUT2D eigenvalue weighted by Crippen LogP contribution is -2.34. The lowest BCUT2D eigenvalue weighted by molar-refractivity contribution is 0.456. The fourth-order valence-electron chi connectivity index (χ4n) is 2.85. The van der Waals surface area contributed by atoms with E-state index in [4.69, 9.17) is 5.73 Å². The predicted octanol–water partition coefficient (Wildman–Crippen LogP) is 3.13. The van der Waals surface area contributed by atoms with Gasteiger partial charge in [-0.25, -0.2) is 8.42 Å². The first kappa shape index (κ1) is 15.0. The summed E-state index contributed by atoms with van der Waals surface area (Å²) in [6, 6.07) is 6.98. The van der Waals surface area contributed by atoms with E-state index in [-0.39, 0.29) is 11.2 Å². The van der Waals surface area contributed by atoms with Gasteiger partial charge in [0.1, 0.15) is 0 Å². The molecule has 0 aromatic heterocycles. The fourth-order valence-corrected chi connectivity index (χ4v) is 5.54. The molecule has 2 rings (SSSR count). The van der Waals surface area contributed by atoms with Crippen molar-refractivity contribution >= 4 is 25.8 Å². The van der Waals surface area contributed by atoms with E-state index >= 15 is 0 Å². The summed E-state index contributed by atoms with van der Waals surface area (Å²) in [6.45, 7) is 0.456. The molecule has 19 heavy (non-hydrogen) atoms. The van der Waals surface area contributed by atoms with E-state index in [2.05, 4.69) is 15.9 Å². The highest BCUT2D eigenvalue weighted by atomic mass is 79.9. The molecule has 0 radical (unpaired) electrons. The van der Waals surface area contributed by atoms with Crippen LogP contribution in [-0.4, -0.2) is 20.2 Å². The van der Waals surface area contributed by atoms with Crippen molar-refractivity contribution in [3.63, 3.8) is 0 Å². The van der Waals surface area contributed by atoms with Gasteiger partial charge in [-0.1, -0.05) is 41.3 Å². The summed E-state index contributed by atoms with van der Waals surface area (Å²) in [4.78, 5) is 0.409. The standard InChI is InChI=1S/C14H20BrNO2S/c15-12-6-4-7-13(9-12)19(17,18)14-8-3-1-2-5-11(14)10-16/h4,6-7,9,11,14H,1-3,5,8,10,16H2. The lowest BCUT2D eigenvalue weighted by atomic mass is 10.0. The molecule has 2 unspecified atom stereocenters. The highest BCUT2D eigenvalue weighted by Gasteiger charge is 2.34. The van der Waals surface area contributed by atoms with Crippen LogP contribution in [0.15, 0.2) is 33.6 Å². The lowest BCUT2D eigenvalue weighted by Gasteiger charge is -2.24. The van der Waals surface area contributed by atoms with E-state index in [1.165, 1.54) is 0 Å².